The lowest BCUT2D eigenvalue weighted by Gasteiger charge is -2.13. The van der Waals surface area contributed by atoms with E-state index in [-0.39, 0.29) is 0 Å². The highest BCUT2D eigenvalue weighted by Crippen LogP contribution is 2.15. The molecule has 0 radical (unpaired) electrons. The molecule has 0 saturated carbocycles. The fourth-order valence-corrected chi connectivity index (χ4v) is 3.37. The Morgan fingerprint density at radius 2 is 0.625 bits per heavy atom. The van der Waals surface area contributed by atoms with Crippen LogP contribution in [0, 0.1) is 0 Å². The summed E-state index contributed by atoms with van der Waals surface area (Å²) in [6.45, 7) is 16.2. The first-order valence-electron chi connectivity index (χ1n) is 7.94. The second kappa shape index (κ2) is 6.55. The third kappa shape index (κ3) is 2.33. The molecule has 0 bridgehead atoms. The smallest absolute Gasteiger partial charge is 0.00992 e. The molecule has 0 aromatic heterocycles. The van der Waals surface area contributed by atoms with Gasteiger partial charge >= 0.3 is 0 Å². The van der Waals surface area contributed by atoms with Gasteiger partial charge in [-0.1, -0.05) is 99.2 Å². The number of benzene rings is 2. The SMILES string of the molecule is C=CC1=c2ccccc2=C(C=C)C(C=C)=c2ccccc2=C1C=C. The topological polar surface area (TPSA) is 0 Å². The van der Waals surface area contributed by atoms with Gasteiger partial charge in [-0.25, -0.2) is 0 Å². The van der Waals surface area contributed by atoms with Gasteiger partial charge in [-0.3, -0.25) is 0 Å². The van der Waals surface area contributed by atoms with Crippen molar-refractivity contribution in [1.82, 2.24) is 0 Å². The van der Waals surface area contributed by atoms with Crippen molar-refractivity contribution in [2.45, 2.75) is 0 Å². The Labute approximate surface area is 142 Å². The molecule has 0 saturated heterocycles. The van der Waals surface area contributed by atoms with Crippen LogP contribution in [0.25, 0.3) is 22.3 Å². The van der Waals surface area contributed by atoms with Crippen LogP contribution in [-0.4, -0.2) is 0 Å². The van der Waals surface area contributed by atoms with E-state index in [9.17, 15) is 0 Å². The maximum Gasteiger partial charge on any atom is -0.00992 e. The zero-order chi connectivity index (χ0) is 17.1. The quantitative estimate of drug-likeness (QED) is 0.815. The predicted molar refractivity (Wildman–Crippen MR) is 106 cm³/mol. The Balaban J connectivity index is 2.85. The maximum absolute atomic E-state index is 4.05. The summed E-state index contributed by atoms with van der Waals surface area (Å²) in [5, 5.41) is 4.52. The maximum atomic E-state index is 4.05. The van der Waals surface area contributed by atoms with Crippen molar-refractivity contribution in [1.29, 1.82) is 0 Å². The highest BCUT2D eigenvalue weighted by Gasteiger charge is 2.10. The molecule has 2 aromatic carbocycles. The normalized spacial score (nSPS) is 13.3. The fourth-order valence-electron chi connectivity index (χ4n) is 3.37. The molecular formula is C24H20. The lowest BCUT2D eigenvalue weighted by Crippen LogP contribution is -2.36. The lowest BCUT2D eigenvalue weighted by atomic mass is 9.90. The zero-order valence-electron chi connectivity index (χ0n) is 13.8. The van der Waals surface area contributed by atoms with Crippen LogP contribution in [0.2, 0.25) is 0 Å². The van der Waals surface area contributed by atoms with Gasteiger partial charge in [-0.05, 0) is 43.2 Å². The summed E-state index contributed by atoms with van der Waals surface area (Å²) in [4.78, 5) is 0. The van der Waals surface area contributed by atoms with Crippen molar-refractivity contribution in [2.75, 3.05) is 0 Å². The second-order valence-corrected chi connectivity index (χ2v) is 5.56. The van der Waals surface area contributed by atoms with Gasteiger partial charge in [0, 0.05) is 0 Å². The number of hydrogen-bond donors (Lipinski definition) is 0. The van der Waals surface area contributed by atoms with Crippen LogP contribution in [0.1, 0.15) is 0 Å². The molecule has 0 unspecified atom stereocenters. The molecule has 2 aromatic rings. The molecule has 0 heteroatoms. The standard InChI is InChI=1S/C24H20/c1-5-17-18(6-2)22-14-11-12-16-24(22)20(8-4)19(7-3)23-15-10-9-13-21(17)23/h5-16H,1-4H2. The van der Waals surface area contributed by atoms with Gasteiger partial charge in [0.05, 0.1) is 0 Å². The summed E-state index contributed by atoms with van der Waals surface area (Å²) in [5.74, 6) is 0. The zero-order valence-corrected chi connectivity index (χ0v) is 13.8. The third-order valence-electron chi connectivity index (χ3n) is 4.41. The van der Waals surface area contributed by atoms with Crippen LogP contribution in [0.5, 0.6) is 0 Å². The summed E-state index contributed by atoms with van der Waals surface area (Å²) in [7, 11) is 0. The summed E-state index contributed by atoms with van der Waals surface area (Å²) in [5.41, 5.74) is 4.32. The first-order valence-corrected chi connectivity index (χ1v) is 7.94. The largest absolute Gasteiger partial charge is 0.0984 e. The molecule has 0 atom stereocenters. The molecule has 0 nitrogen and oxygen atoms in total. The molecule has 116 valence electrons. The average Bonchev–Trinajstić information content (AvgIpc) is 2.63. The van der Waals surface area contributed by atoms with Gasteiger partial charge in [0.15, 0.2) is 0 Å². The first-order chi connectivity index (χ1) is 11.8. The van der Waals surface area contributed by atoms with Crippen molar-refractivity contribution in [3.05, 3.63) is 120 Å². The van der Waals surface area contributed by atoms with Crippen LogP contribution in [0.15, 0.2) is 99.2 Å². The van der Waals surface area contributed by atoms with Gasteiger partial charge in [0.1, 0.15) is 0 Å². The van der Waals surface area contributed by atoms with Gasteiger partial charge in [0.2, 0.25) is 0 Å². The molecule has 0 fully saturated rings. The first kappa shape index (κ1) is 15.8. The number of rotatable bonds is 4. The van der Waals surface area contributed by atoms with E-state index >= 15 is 0 Å². The van der Waals surface area contributed by atoms with E-state index in [4.69, 9.17) is 0 Å². The van der Waals surface area contributed by atoms with Gasteiger partial charge < -0.3 is 0 Å². The Hall–Kier alpha value is -3.12. The van der Waals surface area contributed by atoms with Crippen LogP contribution in [0.4, 0.5) is 0 Å². The van der Waals surface area contributed by atoms with E-state index in [0.717, 1.165) is 43.2 Å². The number of allylic oxidation sites excluding steroid dienone is 4. The molecular weight excluding hydrogens is 288 g/mol. The van der Waals surface area contributed by atoms with E-state index in [1.165, 1.54) is 0 Å². The molecule has 0 N–H and O–H groups in total. The molecule has 0 spiro atoms. The van der Waals surface area contributed by atoms with E-state index in [1.807, 2.05) is 48.6 Å². The van der Waals surface area contributed by atoms with E-state index in [1.54, 1.807) is 0 Å². The van der Waals surface area contributed by atoms with Gasteiger partial charge in [0.25, 0.3) is 0 Å². The predicted octanol–water partition coefficient (Wildman–Crippen LogP) is 2.75. The summed E-state index contributed by atoms with van der Waals surface area (Å²) >= 11 is 0. The second-order valence-electron chi connectivity index (χ2n) is 5.56. The Kier molecular flexibility index (Phi) is 4.31. The summed E-state index contributed by atoms with van der Waals surface area (Å²) in [6.07, 6.45) is 7.64. The van der Waals surface area contributed by atoms with Crippen LogP contribution in [-0.2, 0) is 0 Å². The molecule has 1 aliphatic rings. The molecule has 0 amide bonds. The highest BCUT2D eigenvalue weighted by molar-refractivity contribution is 6.03. The molecule has 1 aliphatic carbocycles. The monoisotopic (exact) mass is 308 g/mol. The number of hydrogen-bond acceptors (Lipinski definition) is 0. The minimum Gasteiger partial charge on any atom is -0.0984 e. The van der Waals surface area contributed by atoms with Crippen LogP contribution >= 0.6 is 0 Å². The van der Waals surface area contributed by atoms with Crippen molar-refractivity contribution < 1.29 is 0 Å². The molecule has 0 aliphatic heterocycles. The summed E-state index contributed by atoms with van der Waals surface area (Å²) < 4.78 is 0. The lowest BCUT2D eigenvalue weighted by molar-refractivity contribution is 1.43. The van der Waals surface area contributed by atoms with Crippen molar-refractivity contribution in [2.24, 2.45) is 0 Å². The van der Waals surface area contributed by atoms with Crippen LogP contribution in [0.3, 0.4) is 0 Å². The minimum absolute atomic E-state index is 1.08. The molecule has 0 heterocycles. The van der Waals surface area contributed by atoms with Crippen molar-refractivity contribution in [3.8, 4) is 0 Å². The fraction of sp³-hybridized carbons (Fsp3) is 0. The average molecular weight is 308 g/mol. The highest BCUT2D eigenvalue weighted by atomic mass is 14.1. The summed E-state index contributed by atoms with van der Waals surface area (Å²) in [6, 6.07) is 16.7. The van der Waals surface area contributed by atoms with E-state index in [2.05, 4.69) is 50.6 Å². The minimum atomic E-state index is 1.08. The molecule has 24 heavy (non-hydrogen) atoms. The van der Waals surface area contributed by atoms with Gasteiger partial charge in [-0.15, -0.1) is 0 Å². The van der Waals surface area contributed by atoms with E-state index < -0.39 is 0 Å². The van der Waals surface area contributed by atoms with Gasteiger partial charge in [-0.2, -0.15) is 0 Å². The van der Waals surface area contributed by atoms with Crippen molar-refractivity contribution >= 4 is 22.3 Å². The third-order valence-corrected chi connectivity index (χ3v) is 4.41. The Morgan fingerprint density at radius 1 is 0.417 bits per heavy atom. The Bertz CT molecular complexity index is 924. The number of fused-ring (bicyclic) bond motifs is 2. The van der Waals surface area contributed by atoms with Crippen LogP contribution < -0.4 is 20.9 Å². The Morgan fingerprint density at radius 3 is 0.792 bits per heavy atom. The molecule has 3 rings (SSSR count). The van der Waals surface area contributed by atoms with Crippen molar-refractivity contribution in [3.63, 3.8) is 0 Å². The van der Waals surface area contributed by atoms with E-state index in [0.29, 0.717) is 0 Å².